The van der Waals surface area contributed by atoms with Crippen molar-refractivity contribution in [2.45, 2.75) is 24.8 Å². The van der Waals surface area contributed by atoms with Crippen molar-refractivity contribution in [1.82, 2.24) is 0 Å². The van der Waals surface area contributed by atoms with Crippen molar-refractivity contribution in [2.75, 3.05) is 0 Å². The molecule has 0 bridgehead atoms. The molecular formula is C11H13ClO3S. The minimum absolute atomic E-state index is 0.0112. The number of hydrogen-bond acceptors (Lipinski definition) is 3. The SMILES string of the molecule is C=CC(C)Oc1ccc(C)cc1S(=O)(=O)Cl. The Hall–Kier alpha value is -1.00. The van der Waals surface area contributed by atoms with Crippen molar-refractivity contribution >= 4 is 19.7 Å². The quantitative estimate of drug-likeness (QED) is 0.618. The molecule has 5 heteroatoms. The van der Waals surface area contributed by atoms with Gasteiger partial charge in [0.1, 0.15) is 16.7 Å². The predicted molar refractivity (Wildman–Crippen MR) is 64.5 cm³/mol. The van der Waals surface area contributed by atoms with Crippen LogP contribution < -0.4 is 4.74 Å². The summed E-state index contributed by atoms with van der Waals surface area (Å²) >= 11 is 0. The van der Waals surface area contributed by atoms with E-state index in [0.29, 0.717) is 0 Å². The second-order valence-corrected chi connectivity index (χ2v) is 5.98. The summed E-state index contributed by atoms with van der Waals surface area (Å²) < 4.78 is 28.1. The molecule has 0 fully saturated rings. The second-order valence-electron chi connectivity index (χ2n) is 3.45. The predicted octanol–water partition coefficient (Wildman–Crippen LogP) is 2.88. The van der Waals surface area contributed by atoms with Gasteiger partial charge in [-0.3, -0.25) is 0 Å². The molecule has 16 heavy (non-hydrogen) atoms. The lowest BCUT2D eigenvalue weighted by Crippen LogP contribution is -2.09. The third-order valence-corrected chi connectivity index (χ3v) is 3.35. The molecule has 1 rings (SSSR count). The van der Waals surface area contributed by atoms with Crippen LogP contribution in [0.1, 0.15) is 12.5 Å². The molecule has 0 saturated carbocycles. The molecule has 0 radical (unpaired) electrons. The van der Waals surface area contributed by atoms with Crippen LogP contribution in [0.5, 0.6) is 5.75 Å². The first kappa shape index (κ1) is 13.1. The second kappa shape index (κ2) is 4.89. The normalized spacial score (nSPS) is 13.2. The fourth-order valence-electron chi connectivity index (χ4n) is 1.15. The number of rotatable bonds is 4. The third kappa shape index (κ3) is 3.25. The van der Waals surface area contributed by atoms with E-state index < -0.39 is 9.05 Å². The van der Waals surface area contributed by atoms with E-state index in [1.807, 2.05) is 0 Å². The molecule has 88 valence electrons. The Balaban J connectivity index is 3.23. The Kier molecular flexibility index (Phi) is 3.99. The van der Waals surface area contributed by atoms with Crippen LogP contribution in [0.2, 0.25) is 0 Å². The summed E-state index contributed by atoms with van der Waals surface area (Å²) in [5.74, 6) is 0.244. The third-order valence-electron chi connectivity index (χ3n) is 2.01. The molecule has 0 amide bonds. The van der Waals surface area contributed by atoms with Crippen LogP contribution >= 0.6 is 10.7 Å². The maximum atomic E-state index is 11.3. The first-order chi connectivity index (χ1) is 7.34. The standard InChI is InChI=1S/C11H13ClO3S/c1-4-9(3)15-10-6-5-8(2)7-11(10)16(12,13)14/h4-7,9H,1H2,2-3H3. The van der Waals surface area contributed by atoms with Gasteiger partial charge in [-0.05, 0) is 31.5 Å². The lowest BCUT2D eigenvalue weighted by atomic mass is 10.2. The van der Waals surface area contributed by atoms with E-state index in [4.69, 9.17) is 15.4 Å². The van der Waals surface area contributed by atoms with Crippen molar-refractivity contribution in [2.24, 2.45) is 0 Å². The average molecular weight is 261 g/mol. The van der Waals surface area contributed by atoms with Gasteiger partial charge in [0.25, 0.3) is 9.05 Å². The maximum Gasteiger partial charge on any atom is 0.264 e. The van der Waals surface area contributed by atoms with E-state index in [9.17, 15) is 8.42 Å². The highest BCUT2D eigenvalue weighted by molar-refractivity contribution is 8.13. The molecule has 1 unspecified atom stereocenters. The topological polar surface area (TPSA) is 43.4 Å². The first-order valence-electron chi connectivity index (χ1n) is 4.69. The molecule has 0 spiro atoms. The number of aryl methyl sites for hydroxylation is 1. The lowest BCUT2D eigenvalue weighted by molar-refractivity contribution is 0.263. The van der Waals surface area contributed by atoms with Crippen molar-refractivity contribution in [3.63, 3.8) is 0 Å². The first-order valence-corrected chi connectivity index (χ1v) is 7.00. The highest BCUT2D eigenvalue weighted by Crippen LogP contribution is 2.28. The van der Waals surface area contributed by atoms with Crippen LogP contribution in [0.3, 0.4) is 0 Å². The Morgan fingerprint density at radius 3 is 2.62 bits per heavy atom. The van der Waals surface area contributed by atoms with Crippen LogP contribution in [0, 0.1) is 6.92 Å². The molecule has 0 aromatic heterocycles. The molecule has 0 aliphatic heterocycles. The summed E-state index contributed by atoms with van der Waals surface area (Å²) in [6, 6.07) is 4.83. The molecule has 0 heterocycles. The summed E-state index contributed by atoms with van der Waals surface area (Å²) in [6.45, 7) is 7.10. The van der Waals surface area contributed by atoms with Gasteiger partial charge >= 0.3 is 0 Å². The van der Waals surface area contributed by atoms with Gasteiger partial charge in [0, 0.05) is 10.7 Å². The molecule has 0 aliphatic rings. The number of hydrogen-bond donors (Lipinski definition) is 0. The monoisotopic (exact) mass is 260 g/mol. The Bertz CT molecular complexity index is 494. The molecular weight excluding hydrogens is 248 g/mol. The van der Waals surface area contributed by atoms with Gasteiger partial charge in [-0.2, -0.15) is 0 Å². The Morgan fingerprint density at radius 2 is 2.12 bits per heavy atom. The van der Waals surface area contributed by atoms with Crippen LogP contribution in [-0.4, -0.2) is 14.5 Å². The minimum Gasteiger partial charge on any atom is -0.485 e. The number of halogens is 1. The van der Waals surface area contributed by atoms with Gasteiger partial charge in [-0.25, -0.2) is 8.42 Å². The van der Waals surface area contributed by atoms with Gasteiger partial charge in [-0.15, -0.1) is 0 Å². The van der Waals surface area contributed by atoms with Gasteiger partial charge in [0.2, 0.25) is 0 Å². The van der Waals surface area contributed by atoms with Gasteiger partial charge in [-0.1, -0.05) is 18.7 Å². The van der Waals surface area contributed by atoms with Crippen LogP contribution in [0.4, 0.5) is 0 Å². The summed E-state index contributed by atoms with van der Waals surface area (Å²) in [4.78, 5) is -0.0112. The van der Waals surface area contributed by atoms with Crippen molar-refractivity contribution in [3.05, 3.63) is 36.4 Å². The summed E-state index contributed by atoms with van der Waals surface area (Å²) in [6.07, 6.45) is 1.30. The van der Waals surface area contributed by atoms with Crippen LogP contribution in [-0.2, 0) is 9.05 Å². The van der Waals surface area contributed by atoms with Gasteiger partial charge < -0.3 is 4.74 Å². The van der Waals surface area contributed by atoms with E-state index in [-0.39, 0.29) is 16.7 Å². The minimum atomic E-state index is -3.80. The Labute approximate surface area is 100 Å². The zero-order chi connectivity index (χ0) is 12.3. The highest BCUT2D eigenvalue weighted by atomic mass is 35.7. The van der Waals surface area contributed by atoms with Crippen LogP contribution in [0.15, 0.2) is 35.7 Å². The van der Waals surface area contributed by atoms with Crippen LogP contribution in [0.25, 0.3) is 0 Å². The van der Waals surface area contributed by atoms with Crippen molar-refractivity contribution < 1.29 is 13.2 Å². The molecule has 1 aromatic carbocycles. The van der Waals surface area contributed by atoms with E-state index in [0.717, 1.165) is 5.56 Å². The fraction of sp³-hybridized carbons (Fsp3) is 0.273. The largest absolute Gasteiger partial charge is 0.485 e. The van der Waals surface area contributed by atoms with E-state index in [1.165, 1.54) is 6.07 Å². The van der Waals surface area contributed by atoms with Crippen molar-refractivity contribution in [1.29, 1.82) is 0 Å². The van der Waals surface area contributed by atoms with Gasteiger partial charge in [0.15, 0.2) is 0 Å². The molecule has 3 nitrogen and oxygen atoms in total. The summed E-state index contributed by atoms with van der Waals surface area (Å²) in [5.41, 5.74) is 0.804. The van der Waals surface area contributed by atoms with Crippen molar-refractivity contribution in [3.8, 4) is 5.75 Å². The summed E-state index contributed by atoms with van der Waals surface area (Å²) in [7, 11) is 1.53. The molecule has 0 aliphatic carbocycles. The average Bonchev–Trinajstić information content (AvgIpc) is 2.19. The zero-order valence-corrected chi connectivity index (χ0v) is 10.7. The molecule has 0 N–H and O–H groups in total. The fourth-order valence-corrected chi connectivity index (χ4v) is 2.20. The zero-order valence-electron chi connectivity index (χ0n) is 9.10. The highest BCUT2D eigenvalue weighted by Gasteiger charge is 2.17. The lowest BCUT2D eigenvalue weighted by Gasteiger charge is -2.13. The van der Waals surface area contributed by atoms with E-state index >= 15 is 0 Å². The maximum absolute atomic E-state index is 11.3. The number of ether oxygens (including phenoxy) is 1. The molecule has 1 atom stereocenters. The van der Waals surface area contributed by atoms with Gasteiger partial charge in [0.05, 0.1) is 0 Å². The molecule has 1 aromatic rings. The van der Waals surface area contributed by atoms with E-state index in [1.54, 1.807) is 32.1 Å². The number of benzene rings is 1. The Morgan fingerprint density at radius 1 is 1.50 bits per heavy atom. The summed E-state index contributed by atoms with van der Waals surface area (Å²) in [5, 5.41) is 0. The molecule has 0 saturated heterocycles. The smallest absolute Gasteiger partial charge is 0.264 e. The van der Waals surface area contributed by atoms with E-state index in [2.05, 4.69) is 6.58 Å².